The molecular formula is C16H20N4OS2. The van der Waals surface area contributed by atoms with Gasteiger partial charge in [-0.25, -0.2) is 0 Å². The quantitative estimate of drug-likeness (QED) is 0.841. The molecule has 1 heterocycles. The van der Waals surface area contributed by atoms with Crippen LogP contribution in [0.5, 0.6) is 0 Å². The van der Waals surface area contributed by atoms with Gasteiger partial charge in [0.25, 0.3) is 0 Å². The van der Waals surface area contributed by atoms with Gasteiger partial charge >= 0.3 is 0 Å². The summed E-state index contributed by atoms with van der Waals surface area (Å²) in [4.78, 5) is 14.4. The number of thioether (sulfide) groups is 1. The molecule has 0 saturated heterocycles. The zero-order valence-corrected chi connectivity index (χ0v) is 14.9. The number of nitrogens with zero attached hydrogens (tertiary/aromatic N) is 3. The number of hydrogen-bond donors (Lipinski definition) is 1. The summed E-state index contributed by atoms with van der Waals surface area (Å²) in [5.74, 6) is 0.533. The summed E-state index contributed by atoms with van der Waals surface area (Å²) in [7, 11) is 3.73. The van der Waals surface area contributed by atoms with E-state index in [0.717, 1.165) is 28.7 Å². The molecule has 1 aromatic carbocycles. The average molecular weight is 348 g/mol. The Morgan fingerprint density at radius 3 is 3.04 bits per heavy atom. The monoisotopic (exact) mass is 348 g/mol. The number of hydrogen-bond acceptors (Lipinski definition) is 6. The van der Waals surface area contributed by atoms with Gasteiger partial charge in [-0.2, -0.15) is 0 Å². The van der Waals surface area contributed by atoms with Gasteiger partial charge in [-0.05, 0) is 30.4 Å². The maximum absolute atomic E-state index is 12.5. The third-order valence-corrected chi connectivity index (χ3v) is 6.20. The minimum absolute atomic E-state index is 0.137. The minimum Gasteiger partial charge on any atom is -0.363 e. The Morgan fingerprint density at radius 2 is 2.26 bits per heavy atom. The van der Waals surface area contributed by atoms with Crippen LogP contribution >= 0.6 is 23.1 Å². The van der Waals surface area contributed by atoms with Gasteiger partial charge < -0.3 is 10.2 Å². The molecule has 1 atom stereocenters. The number of aromatic nitrogens is 2. The van der Waals surface area contributed by atoms with Gasteiger partial charge in [-0.3, -0.25) is 4.79 Å². The molecule has 1 aromatic heterocycles. The molecule has 3 rings (SSSR count). The highest BCUT2D eigenvalue weighted by molar-refractivity contribution is 8.01. The Balaban J connectivity index is 1.64. The predicted molar refractivity (Wildman–Crippen MR) is 95.1 cm³/mol. The van der Waals surface area contributed by atoms with Crippen LogP contribution in [-0.2, 0) is 11.2 Å². The van der Waals surface area contributed by atoms with Gasteiger partial charge in [0.15, 0.2) is 4.34 Å². The fourth-order valence-electron chi connectivity index (χ4n) is 2.90. The highest BCUT2D eigenvalue weighted by atomic mass is 32.2. The second kappa shape index (κ2) is 7.31. The molecule has 0 spiro atoms. The second-order valence-electron chi connectivity index (χ2n) is 5.52. The van der Waals surface area contributed by atoms with E-state index in [1.807, 2.05) is 19.0 Å². The SMILES string of the molecule is CNc1nnc(SCC(=O)N(C)[C@H]2CCCc3ccccc32)s1. The number of carbonyl (C=O) groups is 1. The van der Waals surface area contributed by atoms with Crippen molar-refractivity contribution in [3.8, 4) is 0 Å². The molecule has 0 bridgehead atoms. The van der Waals surface area contributed by atoms with Crippen molar-refractivity contribution in [2.75, 3.05) is 25.2 Å². The van der Waals surface area contributed by atoms with Crippen LogP contribution in [0.2, 0.25) is 0 Å². The smallest absolute Gasteiger partial charge is 0.233 e. The molecule has 5 nitrogen and oxygen atoms in total. The molecule has 1 amide bonds. The van der Waals surface area contributed by atoms with Crippen LogP contribution in [0.1, 0.15) is 30.0 Å². The summed E-state index contributed by atoms with van der Waals surface area (Å²) < 4.78 is 0.820. The summed E-state index contributed by atoms with van der Waals surface area (Å²) in [6.07, 6.45) is 3.28. The number of aryl methyl sites for hydroxylation is 1. The maximum atomic E-state index is 12.5. The Labute approximate surface area is 144 Å². The highest BCUT2D eigenvalue weighted by Gasteiger charge is 2.26. The van der Waals surface area contributed by atoms with Crippen LogP contribution in [0.15, 0.2) is 28.6 Å². The third-order valence-electron chi connectivity index (χ3n) is 4.14. The molecule has 122 valence electrons. The summed E-state index contributed by atoms with van der Waals surface area (Å²) in [5.41, 5.74) is 2.67. The topological polar surface area (TPSA) is 58.1 Å². The van der Waals surface area contributed by atoms with Crippen molar-refractivity contribution in [2.24, 2.45) is 0 Å². The molecule has 0 fully saturated rings. The van der Waals surface area contributed by atoms with Gasteiger partial charge in [-0.1, -0.05) is 47.4 Å². The van der Waals surface area contributed by atoms with E-state index < -0.39 is 0 Å². The molecular weight excluding hydrogens is 328 g/mol. The van der Waals surface area contributed by atoms with Crippen molar-refractivity contribution < 1.29 is 4.79 Å². The van der Waals surface area contributed by atoms with Gasteiger partial charge in [0.2, 0.25) is 11.0 Å². The first-order chi connectivity index (χ1) is 11.2. The lowest BCUT2D eigenvalue weighted by Crippen LogP contribution is -2.34. The lowest BCUT2D eigenvalue weighted by molar-refractivity contribution is -0.129. The number of fused-ring (bicyclic) bond motifs is 1. The number of rotatable bonds is 5. The lowest BCUT2D eigenvalue weighted by atomic mass is 9.87. The second-order valence-corrected chi connectivity index (χ2v) is 7.72. The fraction of sp³-hybridized carbons (Fsp3) is 0.438. The van der Waals surface area contributed by atoms with Crippen molar-refractivity contribution in [3.05, 3.63) is 35.4 Å². The van der Waals surface area contributed by atoms with E-state index >= 15 is 0 Å². The lowest BCUT2D eigenvalue weighted by Gasteiger charge is -2.33. The molecule has 1 N–H and O–H groups in total. The summed E-state index contributed by atoms with van der Waals surface area (Å²) in [5, 5.41) is 11.8. The van der Waals surface area contributed by atoms with E-state index in [1.54, 1.807) is 0 Å². The molecule has 0 aliphatic heterocycles. The van der Waals surface area contributed by atoms with E-state index in [2.05, 4.69) is 39.8 Å². The van der Waals surface area contributed by atoms with Crippen LogP contribution in [0.3, 0.4) is 0 Å². The van der Waals surface area contributed by atoms with E-state index in [9.17, 15) is 4.79 Å². The van der Waals surface area contributed by atoms with Crippen LogP contribution in [0.4, 0.5) is 5.13 Å². The summed E-state index contributed by atoms with van der Waals surface area (Å²) >= 11 is 2.92. The van der Waals surface area contributed by atoms with Crippen molar-refractivity contribution in [2.45, 2.75) is 29.6 Å². The van der Waals surface area contributed by atoms with Crippen LogP contribution in [0.25, 0.3) is 0 Å². The van der Waals surface area contributed by atoms with E-state index in [4.69, 9.17) is 0 Å². The highest BCUT2D eigenvalue weighted by Crippen LogP contribution is 2.34. The zero-order valence-electron chi connectivity index (χ0n) is 13.3. The summed E-state index contributed by atoms with van der Waals surface area (Å²) in [6, 6.07) is 8.66. The summed E-state index contributed by atoms with van der Waals surface area (Å²) in [6.45, 7) is 0. The maximum Gasteiger partial charge on any atom is 0.233 e. The van der Waals surface area contributed by atoms with E-state index in [0.29, 0.717) is 5.75 Å². The Hall–Kier alpha value is -1.60. The molecule has 1 aliphatic rings. The Kier molecular flexibility index (Phi) is 5.17. The Morgan fingerprint density at radius 1 is 1.43 bits per heavy atom. The molecule has 0 saturated carbocycles. The largest absolute Gasteiger partial charge is 0.363 e. The minimum atomic E-state index is 0.137. The number of benzene rings is 1. The predicted octanol–water partition coefficient (Wildman–Crippen LogP) is 3.21. The van der Waals surface area contributed by atoms with Crippen molar-refractivity contribution in [1.29, 1.82) is 0 Å². The van der Waals surface area contributed by atoms with Crippen molar-refractivity contribution in [3.63, 3.8) is 0 Å². The van der Waals surface area contributed by atoms with E-state index in [-0.39, 0.29) is 11.9 Å². The van der Waals surface area contributed by atoms with Crippen LogP contribution in [-0.4, -0.2) is 40.9 Å². The van der Waals surface area contributed by atoms with Gasteiger partial charge in [0.1, 0.15) is 0 Å². The first-order valence-corrected chi connectivity index (χ1v) is 9.46. The Bertz CT molecular complexity index is 688. The van der Waals surface area contributed by atoms with Crippen LogP contribution in [0, 0.1) is 0 Å². The first kappa shape index (κ1) is 16.3. The average Bonchev–Trinajstić information content (AvgIpc) is 3.06. The number of anilines is 1. The number of amides is 1. The van der Waals surface area contributed by atoms with Gasteiger partial charge in [0, 0.05) is 14.1 Å². The molecule has 2 aromatic rings. The standard InChI is InChI=1S/C16H20N4OS2/c1-17-15-18-19-16(23-15)22-10-14(21)20(2)13-9-5-7-11-6-3-4-8-12(11)13/h3-4,6,8,13H,5,7,9-10H2,1-2H3,(H,17,18)/t13-/m0/s1. The third kappa shape index (κ3) is 3.67. The number of nitrogens with one attached hydrogen (secondary N) is 1. The zero-order chi connectivity index (χ0) is 16.2. The molecule has 7 heteroatoms. The molecule has 0 radical (unpaired) electrons. The molecule has 23 heavy (non-hydrogen) atoms. The first-order valence-electron chi connectivity index (χ1n) is 7.66. The molecule has 1 aliphatic carbocycles. The van der Waals surface area contributed by atoms with Gasteiger partial charge in [0.05, 0.1) is 11.8 Å². The van der Waals surface area contributed by atoms with Gasteiger partial charge in [-0.15, -0.1) is 10.2 Å². The fourth-order valence-corrected chi connectivity index (χ4v) is 4.53. The van der Waals surface area contributed by atoms with Crippen molar-refractivity contribution >= 4 is 34.1 Å². The van der Waals surface area contributed by atoms with Crippen LogP contribution < -0.4 is 5.32 Å². The normalized spacial score (nSPS) is 16.7. The molecule has 0 unspecified atom stereocenters. The van der Waals surface area contributed by atoms with Crippen molar-refractivity contribution in [1.82, 2.24) is 15.1 Å². The van der Waals surface area contributed by atoms with E-state index in [1.165, 1.54) is 34.2 Å². The number of carbonyl (C=O) groups excluding carboxylic acids is 1.